The number of fused-ring (bicyclic) bond motifs is 3. The lowest BCUT2D eigenvalue weighted by molar-refractivity contribution is -0.144. The van der Waals surface area contributed by atoms with E-state index >= 15 is 0 Å². The second-order valence-electron chi connectivity index (χ2n) is 8.07. The van der Waals surface area contributed by atoms with Crippen LogP contribution in [0, 0.1) is 0 Å². The van der Waals surface area contributed by atoms with Gasteiger partial charge in [-0.3, -0.25) is 4.79 Å². The van der Waals surface area contributed by atoms with Crippen molar-refractivity contribution in [1.29, 1.82) is 0 Å². The molecule has 0 aromatic heterocycles. The van der Waals surface area contributed by atoms with Gasteiger partial charge in [-0.1, -0.05) is 60.7 Å². The van der Waals surface area contributed by atoms with E-state index < -0.39 is 30.4 Å². The Hall–Kier alpha value is -4.27. The molecule has 0 heterocycles. The third-order valence-electron chi connectivity index (χ3n) is 5.78. The summed E-state index contributed by atoms with van der Waals surface area (Å²) >= 11 is 0. The topological polar surface area (TPSA) is 105 Å². The maximum absolute atomic E-state index is 14.2. The molecule has 180 valence electrons. The molecule has 0 atom stereocenters. The number of hydrogen-bond donors (Lipinski definition) is 3. The van der Waals surface area contributed by atoms with E-state index in [0.717, 1.165) is 22.3 Å². The maximum Gasteiger partial charge on any atom is 0.407 e. The smallest absolute Gasteiger partial charge is 0.407 e. The number of alkyl halides is 2. The summed E-state index contributed by atoms with van der Waals surface area (Å²) in [7, 11) is 0. The number of carboxylic acid groups (broad SMARTS) is 1. The van der Waals surface area contributed by atoms with Gasteiger partial charge in [-0.2, -0.15) is 8.78 Å². The van der Waals surface area contributed by atoms with Gasteiger partial charge < -0.3 is 20.5 Å². The molecule has 1 aliphatic rings. The van der Waals surface area contributed by atoms with Crippen molar-refractivity contribution in [3.05, 3.63) is 95.1 Å². The van der Waals surface area contributed by atoms with Crippen molar-refractivity contribution in [2.24, 2.45) is 0 Å². The first kappa shape index (κ1) is 23.9. The lowest BCUT2D eigenvalue weighted by atomic mass is 9.98. The van der Waals surface area contributed by atoms with Crippen molar-refractivity contribution in [2.75, 3.05) is 13.2 Å². The lowest BCUT2D eigenvalue weighted by Crippen LogP contribution is -2.48. The molecule has 0 aliphatic heterocycles. The van der Waals surface area contributed by atoms with Gasteiger partial charge in [0.1, 0.15) is 6.61 Å². The number of amides is 2. The molecule has 3 aromatic rings. The second-order valence-corrected chi connectivity index (χ2v) is 8.07. The van der Waals surface area contributed by atoms with E-state index in [1.54, 1.807) is 0 Å². The summed E-state index contributed by atoms with van der Waals surface area (Å²) in [5, 5.41) is 12.9. The first-order valence-electron chi connectivity index (χ1n) is 10.8. The molecule has 0 unspecified atom stereocenters. The summed E-state index contributed by atoms with van der Waals surface area (Å²) in [5.41, 5.74) is 4.54. The first-order chi connectivity index (χ1) is 16.8. The van der Waals surface area contributed by atoms with E-state index in [4.69, 9.17) is 9.84 Å². The number of aromatic carboxylic acids is 1. The number of rotatable bonds is 8. The van der Waals surface area contributed by atoms with E-state index in [1.165, 1.54) is 24.3 Å². The van der Waals surface area contributed by atoms with Crippen molar-refractivity contribution >= 4 is 18.0 Å². The number of carbonyl (C=O) groups excluding carboxylic acids is 2. The molecule has 4 rings (SSSR count). The van der Waals surface area contributed by atoms with Gasteiger partial charge in [0.25, 0.3) is 5.91 Å². The zero-order chi connectivity index (χ0) is 25.0. The fraction of sp³-hybridized carbons (Fsp3) is 0.192. The van der Waals surface area contributed by atoms with E-state index in [2.05, 4.69) is 5.32 Å². The second kappa shape index (κ2) is 9.92. The van der Waals surface area contributed by atoms with Crippen LogP contribution in [0.1, 0.15) is 33.0 Å². The van der Waals surface area contributed by atoms with Crippen LogP contribution in [0.2, 0.25) is 0 Å². The number of carboxylic acids is 1. The minimum atomic E-state index is -3.87. The Kier molecular flexibility index (Phi) is 6.77. The number of alkyl carbamates (subject to hydrolysis) is 1. The van der Waals surface area contributed by atoms with Gasteiger partial charge in [-0.05, 0) is 39.9 Å². The molecule has 9 heteroatoms. The van der Waals surface area contributed by atoms with E-state index in [0.29, 0.717) is 5.56 Å². The molecule has 7 nitrogen and oxygen atoms in total. The van der Waals surface area contributed by atoms with Gasteiger partial charge in [-0.15, -0.1) is 0 Å². The van der Waals surface area contributed by atoms with Gasteiger partial charge in [0.15, 0.2) is 0 Å². The molecular formula is C26H22F2N2O5. The van der Waals surface area contributed by atoms with Gasteiger partial charge in [-0.25, -0.2) is 9.59 Å². The van der Waals surface area contributed by atoms with Gasteiger partial charge in [0.2, 0.25) is 0 Å². The highest BCUT2D eigenvalue weighted by molar-refractivity contribution is 5.87. The molecular weight excluding hydrogens is 458 g/mol. The van der Waals surface area contributed by atoms with Gasteiger partial charge in [0.05, 0.1) is 12.1 Å². The highest BCUT2D eigenvalue weighted by Crippen LogP contribution is 2.44. The molecule has 0 saturated heterocycles. The van der Waals surface area contributed by atoms with Crippen LogP contribution in [0.5, 0.6) is 0 Å². The minimum Gasteiger partial charge on any atom is -0.478 e. The zero-order valence-electron chi connectivity index (χ0n) is 18.5. The van der Waals surface area contributed by atoms with Crippen LogP contribution in [0.15, 0.2) is 72.8 Å². The third kappa shape index (κ3) is 5.29. The first-order valence-corrected chi connectivity index (χ1v) is 10.8. The van der Waals surface area contributed by atoms with E-state index in [1.807, 2.05) is 53.8 Å². The Morgan fingerprint density at radius 1 is 0.857 bits per heavy atom. The number of ether oxygens (including phenoxy) is 1. The predicted molar refractivity (Wildman–Crippen MR) is 123 cm³/mol. The number of benzene rings is 3. The van der Waals surface area contributed by atoms with Crippen LogP contribution in [-0.4, -0.2) is 42.2 Å². The summed E-state index contributed by atoms with van der Waals surface area (Å²) in [4.78, 5) is 34.9. The number of hydrogen-bond acceptors (Lipinski definition) is 4. The molecule has 0 radical (unpaired) electrons. The van der Waals surface area contributed by atoms with Crippen LogP contribution >= 0.6 is 0 Å². The average Bonchev–Trinajstić information content (AvgIpc) is 3.18. The quantitative estimate of drug-likeness (QED) is 0.449. The van der Waals surface area contributed by atoms with Gasteiger partial charge >= 0.3 is 18.0 Å². The van der Waals surface area contributed by atoms with Crippen molar-refractivity contribution in [3.63, 3.8) is 0 Å². The van der Waals surface area contributed by atoms with Crippen molar-refractivity contribution in [2.45, 2.75) is 18.4 Å². The number of halogens is 2. The Morgan fingerprint density at radius 2 is 1.43 bits per heavy atom. The summed E-state index contributed by atoms with van der Waals surface area (Å²) < 4.78 is 33.7. The van der Waals surface area contributed by atoms with Crippen LogP contribution < -0.4 is 10.6 Å². The normalized spacial score (nSPS) is 12.4. The summed E-state index contributed by atoms with van der Waals surface area (Å²) in [6.07, 6.45) is -1.05. The molecule has 1 aliphatic carbocycles. The fourth-order valence-electron chi connectivity index (χ4n) is 3.99. The van der Waals surface area contributed by atoms with Crippen LogP contribution in [0.4, 0.5) is 13.6 Å². The Balaban J connectivity index is 1.28. The Bertz CT molecular complexity index is 1220. The van der Waals surface area contributed by atoms with E-state index in [9.17, 15) is 23.2 Å². The number of carbonyl (C=O) groups is 3. The highest BCUT2D eigenvalue weighted by atomic mass is 19.3. The van der Waals surface area contributed by atoms with Crippen LogP contribution in [-0.2, 0) is 16.1 Å². The van der Waals surface area contributed by atoms with E-state index in [-0.39, 0.29) is 24.6 Å². The zero-order valence-corrected chi connectivity index (χ0v) is 18.5. The third-order valence-corrected chi connectivity index (χ3v) is 5.78. The van der Waals surface area contributed by atoms with Crippen molar-refractivity contribution < 1.29 is 33.0 Å². The lowest BCUT2D eigenvalue weighted by Gasteiger charge is -2.18. The maximum atomic E-state index is 14.2. The van der Waals surface area contributed by atoms with Crippen LogP contribution in [0.25, 0.3) is 11.1 Å². The monoisotopic (exact) mass is 480 g/mol. The standard InChI is InChI=1S/C26H22F2N2O5/c27-26(28,24(33)29-13-16-9-11-17(12-10-16)23(31)32)15-30-25(34)35-14-22-20-7-3-1-5-18(20)19-6-2-4-8-21(19)22/h1-12,22H,13-15H2,(H,29,33)(H,30,34)(H,31,32). The summed E-state index contributed by atoms with van der Waals surface area (Å²) in [6.45, 7) is -1.49. The SMILES string of the molecule is O=C(NCC(F)(F)C(=O)NCc1ccc(C(=O)O)cc1)OCC1c2ccccc2-c2ccccc21. The Labute approximate surface area is 199 Å². The molecule has 35 heavy (non-hydrogen) atoms. The molecule has 0 spiro atoms. The average molecular weight is 480 g/mol. The summed E-state index contributed by atoms with van der Waals surface area (Å²) in [5.74, 6) is -6.78. The van der Waals surface area contributed by atoms with Crippen LogP contribution in [0.3, 0.4) is 0 Å². The molecule has 0 bridgehead atoms. The fourth-order valence-corrected chi connectivity index (χ4v) is 3.99. The number of nitrogens with one attached hydrogen (secondary N) is 2. The van der Waals surface area contributed by atoms with Crippen molar-refractivity contribution in [1.82, 2.24) is 10.6 Å². The molecule has 2 amide bonds. The van der Waals surface area contributed by atoms with Crippen molar-refractivity contribution in [3.8, 4) is 11.1 Å². The minimum absolute atomic E-state index is 0.0377. The van der Waals surface area contributed by atoms with Gasteiger partial charge in [0, 0.05) is 12.5 Å². The highest BCUT2D eigenvalue weighted by Gasteiger charge is 2.39. The molecule has 3 aromatic carbocycles. The largest absolute Gasteiger partial charge is 0.478 e. The molecule has 3 N–H and O–H groups in total. The predicted octanol–water partition coefficient (Wildman–Crippen LogP) is 4.18. The molecule has 0 fully saturated rings. The Morgan fingerprint density at radius 3 is 2.00 bits per heavy atom. The molecule has 0 saturated carbocycles. The summed E-state index contributed by atoms with van der Waals surface area (Å²) in [6, 6.07) is 20.9.